The van der Waals surface area contributed by atoms with Crippen LogP contribution in [0.1, 0.15) is 18.2 Å². The Labute approximate surface area is 108 Å². The highest BCUT2D eigenvalue weighted by molar-refractivity contribution is 9.10. The van der Waals surface area contributed by atoms with Crippen molar-refractivity contribution in [3.63, 3.8) is 0 Å². The van der Waals surface area contributed by atoms with Crippen LogP contribution in [0.25, 0.3) is 5.52 Å². The van der Waals surface area contributed by atoms with E-state index in [4.69, 9.17) is 0 Å². The lowest BCUT2D eigenvalue weighted by Gasteiger charge is -2.06. The Hall–Kier alpha value is -0.880. The van der Waals surface area contributed by atoms with Crippen molar-refractivity contribution < 1.29 is 8.42 Å². The smallest absolute Gasteiger partial charge is 0.151 e. The third-order valence-corrected chi connectivity index (χ3v) is 5.38. The van der Waals surface area contributed by atoms with Crippen molar-refractivity contribution >= 4 is 31.3 Å². The summed E-state index contributed by atoms with van der Waals surface area (Å²) in [6, 6.07) is 3.90. The first-order valence-electron chi connectivity index (χ1n) is 5.38. The molecule has 1 aliphatic heterocycles. The van der Waals surface area contributed by atoms with Crippen molar-refractivity contribution in [1.29, 1.82) is 0 Å². The fourth-order valence-corrected chi connectivity index (χ4v) is 4.39. The molecule has 0 saturated carbocycles. The maximum atomic E-state index is 11.5. The van der Waals surface area contributed by atoms with Gasteiger partial charge in [-0.25, -0.2) is 13.4 Å². The highest BCUT2D eigenvalue weighted by Gasteiger charge is 2.31. The number of nitrogens with zero attached hydrogens (tertiary/aromatic N) is 2. The van der Waals surface area contributed by atoms with E-state index >= 15 is 0 Å². The van der Waals surface area contributed by atoms with E-state index in [-0.39, 0.29) is 17.4 Å². The molecule has 0 spiro atoms. The van der Waals surface area contributed by atoms with Gasteiger partial charge in [-0.2, -0.15) is 0 Å². The van der Waals surface area contributed by atoms with Crippen LogP contribution in [0, 0.1) is 0 Å². The standard InChI is InChI=1S/C11H11BrN2O2S/c12-9-1-3-14-10(5-9)6-13-11(14)8-2-4-17(15,16)7-8/h1,3,5-6,8H,2,4,7H2. The summed E-state index contributed by atoms with van der Waals surface area (Å²) in [5.74, 6) is 1.39. The van der Waals surface area contributed by atoms with E-state index in [0.29, 0.717) is 6.42 Å². The zero-order valence-corrected chi connectivity index (χ0v) is 11.4. The highest BCUT2D eigenvalue weighted by Crippen LogP contribution is 2.29. The van der Waals surface area contributed by atoms with Gasteiger partial charge in [-0.3, -0.25) is 0 Å². The average Bonchev–Trinajstić information content (AvgIpc) is 2.80. The predicted molar refractivity (Wildman–Crippen MR) is 68.9 cm³/mol. The summed E-state index contributed by atoms with van der Waals surface area (Å²) in [6.45, 7) is 0. The van der Waals surface area contributed by atoms with Crippen LogP contribution in [-0.2, 0) is 9.84 Å². The minimum atomic E-state index is -2.86. The van der Waals surface area contributed by atoms with E-state index in [0.717, 1.165) is 15.8 Å². The summed E-state index contributed by atoms with van der Waals surface area (Å²) in [7, 11) is -2.86. The van der Waals surface area contributed by atoms with Gasteiger partial charge in [0.15, 0.2) is 9.84 Å². The van der Waals surface area contributed by atoms with Gasteiger partial charge in [-0.1, -0.05) is 15.9 Å². The van der Waals surface area contributed by atoms with E-state index in [1.165, 1.54) is 0 Å². The Bertz CT molecular complexity index is 678. The van der Waals surface area contributed by atoms with Crippen molar-refractivity contribution in [2.75, 3.05) is 11.5 Å². The number of hydrogen-bond donors (Lipinski definition) is 0. The predicted octanol–water partition coefficient (Wildman–Crippen LogP) is 2.00. The molecule has 1 saturated heterocycles. The van der Waals surface area contributed by atoms with Crippen LogP contribution in [0.2, 0.25) is 0 Å². The average molecular weight is 315 g/mol. The van der Waals surface area contributed by atoms with Crippen molar-refractivity contribution in [3.05, 3.63) is 34.8 Å². The fraction of sp³-hybridized carbons (Fsp3) is 0.364. The molecule has 0 aromatic carbocycles. The number of rotatable bonds is 1. The van der Waals surface area contributed by atoms with E-state index in [1.807, 2.05) is 22.7 Å². The summed E-state index contributed by atoms with van der Waals surface area (Å²) in [6.07, 6.45) is 4.38. The minimum Gasteiger partial charge on any atom is -0.303 e. The lowest BCUT2D eigenvalue weighted by Crippen LogP contribution is -2.07. The first kappa shape index (κ1) is 11.2. The molecule has 3 rings (SSSR count). The van der Waals surface area contributed by atoms with Crippen molar-refractivity contribution in [2.45, 2.75) is 12.3 Å². The van der Waals surface area contributed by atoms with Gasteiger partial charge in [0.1, 0.15) is 5.82 Å². The summed E-state index contributed by atoms with van der Waals surface area (Å²) < 4.78 is 25.9. The molecule has 1 aliphatic rings. The van der Waals surface area contributed by atoms with Gasteiger partial charge >= 0.3 is 0 Å². The molecule has 0 amide bonds. The second kappa shape index (κ2) is 3.81. The zero-order valence-electron chi connectivity index (χ0n) is 9.01. The van der Waals surface area contributed by atoms with Gasteiger partial charge < -0.3 is 4.40 Å². The molecule has 0 N–H and O–H groups in total. The van der Waals surface area contributed by atoms with Gasteiger partial charge in [0, 0.05) is 16.6 Å². The molecular weight excluding hydrogens is 304 g/mol. The molecule has 90 valence electrons. The topological polar surface area (TPSA) is 51.4 Å². The molecule has 2 aromatic rings. The van der Waals surface area contributed by atoms with Crippen LogP contribution in [0.5, 0.6) is 0 Å². The van der Waals surface area contributed by atoms with E-state index in [2.05, 4.69) is 20.9 Å². The second-order valence-electron chi connectivity index (χ2n) is 4.36. The zero-order chi connectivity index (χ0) is 12.0. The monoisotopic (exact) mass is 314 g/mol. The number of sulfone groups is 1. The van der Waals surface area contributed by atoms with Gasteiger partial charge in [-0.15, -0.1) is 0 Å². The fourth-order valence-electron chi connectivity index (χ4n) is 2.29. The van der Waals surface area contributed by atoms with Gasteiger partial charge in [0.2, 0.25) is 0 Å². The SMILES string of the molecule is O=S1(=O)CCC(c2ncc3cc(Br)ccn23)C1. The number of pyridine rings is 1. The molecule has 17 heavy (non-hydrogen) atoms. The van der Waals surface area contributed by atoms with Crippen LogP contribution in [0.15, 0.2) is 29.0 Å². The number of halogens is 1. The molecule has 0 aliphatic carbocycles. The van der Waals surface area contributed by atoms with Crippen molar-refractivity contribution in [3.8, 4) is 0 Å². The van der Waals surface area contributed by atoms with Gasteiger partial charge in [0.05, 0.1) is 23.2 Å². The normalized spacial score (nSPS) is 23.2. The van der Waals surface area contributed by atoms with Crippen LogP contribution in [0.4, 0.5) is 0 Å². The molecule has 0 radical (unpaired) electrons. The lowest BCUT2D eigenvalue weighted by atomic mass is 10.1. The molecule has 6 heteroatoms. The van der Waals surface area contributed by atoms with Crippen molar-refractivity contribution in [2.24, 2.45) is 0 Å². The lowest BCUT2D eigenvalue weighted by molar-refractivity contribution is 0.601. The Morgan fingerprint density at radius 2 is 2.29 bits per heavy atom. The summed E-state index contributed by atoms with van der Waals surface area (Å²) in [5.41, 5.74) is 0.985. The van der Waals surface area contributed by atoms with E-state index in [9.17, 15) is 8.42 Å². The van der Waals surface area contributed by atoms with Crippen LogP contribution in [-0.4, -0.2) is 29.3 Å². The molecule has 1 unspecified atom stereocenters. The summed E-state index contributed by atoms with van der Waals surface area (Å²) >= 11 is 3.41. The van der Waals surface area contributed by atoms with E-state index in [1.54, 1.807) is 6.20 Å². The summed E-state index contributed by atoms with van der Waals surface area (Å²) in [5, 5.41) is 0. The molecular formula is C11H11BrN2O2S. The Morgan fingerprint density at radius 3 is 3.00 bits per heavy atom. The maximum absolute atomic E-state index is 11.5. The molecule has 3 heterocycles. The third kappa shape index (κ3) is 1.99. The Morgan fingerprint density at radius 1 is 1.47 bits per heavy atom. The molecule has 1 atom stereocenters. The number of imidazole rings is 1. The third-order valence-electron chi connectivity index (χ3n) is 3.12. The first-order valence-corrected chi connectivity index (χ1v) is 7.99. The van der Waals surface area contributed by atoms with Gasteiger partial charge in [-0.05, 0) is 18.6 Å². The first-order chi connectivity index (χ1) is 8.05. The Balaban J connectivity index is 2.07. The van der Waals surface area contributed by atoms with Crippen molar-refractivity contribution in [1.82, 2.24) is 9.38 Å². The van der Waals surface area contributed by atoms with Gasteiger partial charge in [0.25, 0.3) is 0 Å². The number of hydrogen-bond acceptors (Lipinski definition) is 3. The molecule has 2 aromatic heterocycles. The minimum absolute atomic E-state index is 0.0312. The highest BCUT2D eigenvalue weighted by atomic mass is 79.9. The quantitative estimate of drug-likeness (QED) is 0.809. The number of fused-ring (bicyclic) bond motifs is 1. The van der Waals surface area contributed by atoms with Crippen LogP contribution < -0.4 is 0 Å². The van der Waals surface area contributed by atoms with E-state index < -0.39 is 9.84 Å². The molecule has 1 fully saturated rings. The molecule has 4 nitrogen and oxygen atoms in total. The largest absolute Gasteiger partial charge is 0.303 e. The maximum Gasteiger partial charge on any atom is 0.151 e. The molecule has 0 bridgehead atoms. The Kier molecular flexibility index (Phi) is 2.52. The summed E-state index contributed by atoms with van der Waals surface area (Å²) in [4.78, 5) is 4.36. The van der Waals surface area contributed by atoms with Crippen LogP contribution in [0.3, 0.4) is 0 Å². The number of aromatic nitrogens is 2. The second-order valence-corrected chi connectivity index (χ2v) is 7.50. The van der Waals surface area contributed by atoms with Crippen LogP contribution >= 0.6 is 15.9 Å².